The summed E-state index contributed by atoms with van der Waals surface area (Å²) < 4.78 is 0. The molecule has 6 nitrogen and oxygen atoms in total. The summed E-state index contributed by atoms with van der Waals surface area (Å²) in [5.74, 6) is -1.30. The fourth-order valence-electron chi connectivity index (χ4n) is 1.54. The number of aliphatic carboxylic acids is 1. The maximum atomic E-state index is 11.7. The topological polar surface area (TPSA) is 95.1 Å². The average Bonchev–Trinajstić information content (AvgIpc) is 2.66. The minimum Gasteiger partial charge on any atom is -0.480 e. The van der Waals surface area contributed by atoms with Crippen LogP contribution in [0.15, 0.2) is 12.5 Å². The molecule has 3 N–H and O–H groups in total. The van der Waals surface area contributed by atoms with Gasteiger partial charge in [0.05, 0.1) is 6.33 Å². The number of nitrogens with zero attached hydrogens (tertiary/aromatic N) is 1. The fourth-order valence-corrected chi connectivity index (χ4v) is 1.54. The Morgan fingerprint density at radius 1 is 1.50 bits per heavy atom. The average molecular weight is 253 g/mol. The number of hydrogen-bond donors (Lipinski definition) is 3. The van der Waals surface area contributed by atoms with Crippen LogP contribution in [0.4, 0.5) is 0 Å². The van der Waals surface area contributed by atoms with Crippen LogP contribution < -0.4 is 5.32 Å². The number of hydrogen-bond acceptors (Lipinski definition) is 3. The van der Waals surface area contributed by atoms with Crippen molar-refractivity contribution in [1.82, 2.24) is 15.3 Å². The van der Waals surface area contributed by atoms with Crippen LogP contribution in [0.5, 0.6) is 0 Å². The zero-order valence-corrected chi connectivity index (χ0v) is 10.9. The lowest BCUT2D eigenvalue weighted by Gasteiger charge is -2.20. The fraction of sp³-hybridized carbons (Fsp3) is 0.583. The van der Waals surface area contributed by atoms with E-state index in [9.17, 15) is 9.59 Å². The quantitative estimate of drug-likeness (QED) is 0.728. The molecule has 0 saturated heterocycles. The smallest absolute Gasteiger partial charge is 0.326 e. The van der Waals surface area contributed by atoms with Crippen molar-refractivity contribution in [3.8, 4) is 0 Å². The monoisotopic (exact) mass is 253 g/mol. The Bertz CT molecular complexity index is 407. The summed E-state index contributed by atoms with van der Waals surface area (Å²) in [4.78, 5) is 29.4. The molecule has 1 rings (SSSR count). The highest BCUT2D eigenvalue weighted by Gasteiger charge is 2.23. The largest absolute Gasteiger partial charge is 0.480 e. The highest BCUT2D eigenvalue weighted by atomic mass is 16.4. The molecule has 1 aromatic heterocycles. The molecule has 1 heterocycles. The van der Waals surface area contributed by atoms with E-state index in [1.807, 2.05) is 20.8 Å². The number of aromatic amines is 1. The molecule has 0 aliphatic rings. The van der Waals surface area contributed by atoms with Crippen molar-refractivity contribution in [1.29, 1.82) is 0 Å². The Morgan fingerprint density at radius 3 is 2.61 bits per heavy atom. The number of carbonyl (C=O) groups is 2. The molecular weight excluding hydrogens is 234 g/mol. The third-order valence-corrected chi connectivity index (χ3v) is 2.30. The van der Waals surface area contributed by atoms with Crippen LogP contribution in [0.25, 0.3) is 0 Å². The number of aromatic nitrogens is 2. The number of amides is 1. The SMILES string of the molecule is CC(C)(C)CC(=O)NC(Cc1cnc[nH]1)C(=O)O. The summed E-state index contributed by atoms with van der Waals surface area (Å²) in [6.07, 6.45) is 3.52. The molecule has 1 atom stereocenters. The van der Waals surface area contributed by atoms with Gasteiger partial charge in [-0.05, 0) is 5.41 Å². The Kier molecular flexibility index (Phi) is 4.47. The molecule has 1 aromatic rings. The highest BCUT2D eigenvalue weighted by molar-refractivity contribution is 5.83. The first-order chi connectivity index (χ1) is 8.28. The van der Waals surface area contributed by atoms with Gasteiger partial charge in [-0.15, -0.1) is 0 Å². The second kappa shape index (κ2) is 5.66. The lowest BCUT2D eigenvalue weighted by atomic mass is 9.92. The first-order valence-corrected chi connectivity index (χ1v) is 5.77. The summed E-state index contributed by atoms with van der Waals surface area (Å²) in [5, 5.41) is 11.6. The van der Waals surface area contributed by atoms with Crippen LogP contribution in [-0.4, -0.2) is 33.0 Å². The van der Waals surface area contributed by atoms with Crippen molar-refractivity contribution in [2.45, 2.75) is 39.7 Å². The second-order valence-corrected chi connectivity index (χ2v) is 5.48. The van der Waals surface area contributed by atoms with E-state index in [2.05, 4.69) is 15.3 Å². The van der Waals surface area contributed by atoms with E-state index in [0.29, 0.717) is 12.1 Å². The van der Waals surface area contributed by atoms with Crippen molar-refractivity contribution in [2.75, 3.05) is 0 Å². The van der Waals surface area contributed by atoms with Crippen molar-refractivity contribution < 1.29 is 14.7 Å². The molecule has 0 aliphatic heterocycles. The van der Waals surface area contributed by atoms with Crippen molar-refractivity contribution >= 4 is 11.9 Å². The number of rotatable bonds is 5. The van der Waals surface area contributed by atoms with E-state index in [4.69, 9.17) is 5.11 Å². The maximum absolute atomic E-state index is 11.7. The summed E-state index contributed by atoms with van der Waals surface area (Å²) in [6.45, 7) is 5.78. The summed E-state index contributed by atoms with van der Waals surface area (Å²) in [5.41, 5.74) is 0.514. The van der Waals surface area contributed by atoms with E-state index in [1.54, 1.807) is 6.20 Å². The van der Waals surface area contributed by atoms with Gasteiger partial charge in [-0.2, -0.15) is 0 Å². The van der Waals surface area contributed by atoms with E-state index < -0.39 is 12.0 Å². The number of imidazole rings is 1. The molecule has 18 heavy (non-hydrogen) atoms. The Morgan fingerprint density at radius 2 is 2.17 bits per heavy atom. The highest BCUT2D eigenvalue weighted by Crippen LogP contribution is 2.18. The standard InChI is InChI=1S/C12H19N3O3/c1-12(2,3)5-10(16)15-9(11(17)18)4-8-6-13-7-14-8/h6-7,9H,4-5H2,1-3H3,(H,13,14)(H,15,16)(H,17,18). The van der Waals surface area contributed by atoms with Gasteiger partial charge in [0.25, 0.3) is 0 Å². The molecule has 0 aromatic carbocycles. The molecule has 0 fully saturated rings. The third kappa shape index (κ3) is 4.99. The number of carbonyl (C=O) groups excluding carboxylic acids is 1. The van der Waals surface area contributed by atoms with Crippen LogP contribution in [0.3, 0.4) is 0 Å². The maximum Gasteiger partial charge on any atom is 0.326 e. The molecular formula is C12H19N3O3. The van der Waals surface area contributed by atoms with Gasteiger partial charge in [0.2, 0.25) is 5.91 Å². The van der Waals surface area contributed by atoms with Gasteiger partial charge >= 0.3 is 5.97 Å². The predicted octanol–water partition coefficient (Wildman–Crippen LogP) is 0.958. The van der Waals surface area contributed by atoms with Crippen molar-refractivity contribution in [3.63, 3.8) is 0 Å². The van der Waals surface area contributed by atoms with Gasteiger partial charge in [0.15, 0.2) is 0 Å². The van der Waals surface area contributed by atoms with E-state index >= 15 is 0 Å². The first kappa shape index (κ1) is 14.2. The lowest BCUT2D eigenvalue weighted by Crippen LogP contribution is -2.43. The Balaban J connectivity index is 2.58. The Hall–Kier alpha value is -1.85. The summed E-state index contributed by atoms with van der Waals surface area (Å²) in [6, 6.07) is -0.930. The molecule has 0 radical (unpaired) electrons. The van der Waals surface area contributed by atoms with Gasteiger partial charge < -0.3 is 15.4 Å². The van der Waals surface area contributed by atoms with Gasteiger partial charge in [-0.3, -0.25) is 4.79 Å². The van der Waals surface area contributed by atoms with E-state index in [-0.39, 0.29) is 17.7 Å². The van der Waals surface area contributed by atoms with Crippen LogP contribution in [0.1, 0.15) is 32.9 Å². The van der Waals surface area contributed by atoms with Crippen LogP contribution >= 0.6 is 0 Å². The lowest BCUT2D eigenvalue weighted by molar-refractivity contribution is -0.142. The number of nitrogens with one attached hydrogen (secondary N) is 2. The zero-order chi connectivity index (χ0) is 13.8. The van der Waals surface area contributed by atoms with Crippen LogP contribution in [0.2, 0.25) is 0 Å². The molecule has 1 unspecified atom stereocenters. The van der Waals surface area contributed by atoms with Crippen molar-refractivity contribution in [3.05, 3.63) is 18.2 Å². The molecule has 0 spiro atoms. The van der Waals surface area contributed by atoms with Crippen LogP contribution in [0, 0.1) is 5.41 Å². The molecule has 0 bridgehead atoms. The van der Waals surface area contributed by atoms with Gasteiger partial charge in [-0.25, -0.2) is 9.78 Å². The molecule has 6 heteroatoms. The minimum absolute atomic E-state index is 0.166. The van der Waals surface area contributed by atoms with Crippen LogP contribution in [-0.2, 0) is 16.0 Å². The Labute approximate surface area is 106 Å². The van der Waals surface area contributed by atoms with Gasteiger partial charge in [0.1, 0.15) is 6.04 Å². The van der Waals surface area contributed by atoms with E-state index in [1.165, 1.54) is 6.33 Å². The summed E-state index contributed by atoms with van der Waals surface area (Å²) in [7, 11) is 0. The predicted molar refractivity (Wildman–Crippen MR) is 65.9 cm³/mol. The first-order valence-electron chi connectivity index (χ1n) is 5.77. The zero-order valence-electron chi connectivity index (χ0n) is 10.9. The van der Waals surface area contributed by atoms with E-state index in [0.717, 1.165) is 0 Å². The summed E-state index contributed by atoms with van der Waals surface area (Å²) >= 11 is 0. The molecule has 100 valence electrons. The van der Waals surface area contributed by atoms with Gasteiger partial charge in [-0.1, -0.05) is 20.8 Å². The molecule has 1 amide bonds. The normalized spacial score (nSPS) is 13.1. The minimum atomic E-state index is -1.05. The van der Waals surface area contributed by atoms with Crippen molar-refractivity contribution in [2.24, 2.45) is 5.41 Å². The molecule has 0 saturated carbocycles. The molecule has 0 aliphatic carbocycles. The van der Waals surface area contributed by atoms with Gasteiger partial charge in [0, 0.05) is 24.7 Å². The number of carboxylic acid groups (broad SMARTS) is 1. The number of carboxylic acids is 1. The number of H-pyrrole nitrogens is 1. The third-order valence-electron chi connectivity index (χ3n) is 2.30. The second-order valence-electron chi connectivity index (χ2n) is 5.48.